The molecule has 0 unspecified atom stereocenters. The van der Waals surface area contributed by atoms with Crippen molar-refractivity contribution in [3.8, 4) is 0 Å². The Hall–Kier alpha value is -0.220. The number of halogens is 2. The van der Waals surface area contributed by atoms with Gasteiger partial charge in [0.2, 0.25) is 0 Å². The maximum atomic E-state index is 13.0. The molecule has 0 aromatic rings. The fourth-order valence-electron chi connectivity index (χ4n) is 1.42. The van der Waals surface area contributed by atoms with E-state index < -0.39 is 24.0 Å². The summed E-state index contributed by atoms with van der Waals surface area (Å²) in [6.07, 6.45) is -2.10. The van der Waals surface area contributed by atoms with Crippen LogP contribution >= 0.6 is 0 Å². The molecule has 3 atom stereocenters. The quantitative estimate of drug-likeness (QED) is 0.696. The molecular weight excluding hydrogens is 166 g/mol. The number of hydrogen-bond donors (Lipinski definition) is 1. The third-order valence-electron chi connectivity index (χ3n) is 2.42. The number of hydrogen-bond acceptors (Lipinski definition) is 2. The average Bonchev–Trinajstić information content (AvgIpc) is 2.33. The van der Waals surface area contributed by atoms with Crippen molar-refractivity contribution in [3.05, 3.63) is 0 Å². The van der Waals surface area contributed by atoms with Crippen molar-refractivity contribution in [2.24, 2.45) is 5.92 Å². The van der Waals surface area contributed by atoms with Gasteiger partial charge in [0.15, 0.2) is 0 Å². The summed E-state index contributed by atoms with van der Waals surface area (Å²) in [5.41, 5.74) is 0. The molecule has 0 aliphatic carbocycles. The number of aliphatic hydroxyl groups excluding tert-OH is 1. The summed E-state index contributed by atoms with van der Waals surface area (Å²) >= 11 is 0. The summed E-state index contributed by atoms with van der Waals surface area (Å²) in [5, 5.41) is 9.17. The topological polar surface area (TPSA) is 29.5 Å². The highest BCUT2D eigenvalue weighted by Gasteiger charge is 2.48. The van der Waals surface area contributed by atoms with Crippen LogP contribution in [0.1, 0.15) is 20.3 Å². The highest BCUT2D eigenvalue weighted by Crippen LogP contribution is 2.35. The molecule has 12 heavy (non-hydrogen) atoms. The Labute approximate surface area is 70.5 Å². The van der Waals surface area contributed by atoms with Crippen molar-refractivity contribution in [3.63, 3.8) is 0 Å². The molecule has 1 aliphatic rings. The molecule has 2 nitrogen and oxygen atoms in total. The fourth-order valence-corrected chi connectivity index (χ4v) is 1.42. The standard InChI is InChI=1S/C8H14F2O2/c1-3-8(9,10)7-5(2)6(11)4-12-7/h5-7,11H,3-4H2,1-2H3/t5-,6+,7+/m1/s1. The fraction of sp³-hybridized carbons (Fsp3) is 1.00. The lowest BCUT2D eigenvalue weighted by molar-refractivity contribution is -0.129. The smallest absolute Gasteiger partial charge is 0.273 e. The summed E-state index contributed by atoms with van der Waals surface area (Å²) in [5.74, 6) is -3.28. The van der Waals surface area contributed by atoms with E-state index in [9.17, 15) is 8.78 Å². The van der Waals surface area contributed by atoms with Gasteiger partial charge in [-0.05, 0) is 0 Å². The minimum atomic E-state index is -2.81. The van der Waals surface area contributed by atoms with Crippen LogP contribution in [0.15, 0.2) is 0 Å². The first-order valence-electron chi connectivity index (χ1n) is 4.16. The van der Waals surface area contributed by atoms with Crippen molar-refractivity contribution in [2.45, 2.75) is 38.4 Å². The van der Waals surface area contributed by atoms with Crippen LogP contribution in [0.3, 0.4) is 0 Å². The lowest BCUT2D eigenvalue weighted by Gasteiger charge is -2.24. The van der Waals surface area contributed by atoms with E-state index in [0.29, 0.717) is 0 Å². The maximum Gasteiger partial charge on any atom is 0.273 e. The third-order valence-corrected chi connectivity index (χ3v) is 2.42. The number of rotatable bonds is 2. The predicted molar refractivity (Wildman–Crippen MR) is 40.1 cm³/mol. The van der Waals surface area contributed by atoms with Crippen molar-refractivity contribution < 1.29 is 18.6 Å². The van der Waals surface area contributed by atoms with Gasteiger partial charge in [-0.3, -0.25) is 0 Å². The lowest BCUT2D eigenvalue weighted by atomic mass is 9.95. The Morgan fingerprint density at radius 2 is 2.17 bits per heavy atom. The summed E-state index contributed by atoms with van der Waals surface area (Å²) < 4.78 is 30.9. The molecule has 1 rings (SSSR count). The second-order valence-electron chi connectivity index (χ2n) is 3.29. The first-order valence-corrected chi connectivity index (χ1v) is 4.16. The SMILES string of the molecule is CCC(F)(F)[C@H]1OC[C@H](O)[C@H]1C. The Morgan fingerprint density at radius 3 is 2.50 bits per heavy atom. The molecular formula is C8H14F2O2. The monoisotopic (exact) mass is 180 g/mol. The predicted octanol–water partition coefficient (Wildman–Crippen LogP) is 1.43. The normalized spacial score (nSPS) is 37.2. The zero-order valence-electron chi connectivity index (χ0n) is 7.26. The van der Waals surface area contributed by atoms with E-state index in [4.69, 9.17) is 9.84 Å². The van der Waals surface area contributed by atoms with Gasteiger partial charge >= 0.3 is 0 Å². The molecule has 0 bridgehead atoms. The van der Waals surface area contributed by atoms with Crippen molar-refractivity contribution in [2.75, 3.05) is 6.61 Å². The van der Waals surface area contributed by atoms with Gasteiger partial charge in [-0.15, -0.1) is 0 Å². The van der Waals surface area contributed by atoms with Crippen LogP contribution in [0.5, 0.6) is 0 Å². The van der Waals surface area contributed by atoms with Gasteiger partial charge in [-0.25, -0.2) is 8.78 Å². The van der Waals surface area contributed by atoms with Crippen molar-refractivity contribution >= 4 is 0 Å². The summed E-state index contributed by atoms with van der Waals surface area (Å²) in [6.45, 7) is 3.04. The van der Waals surface area contributed by atoms with Crippen LogP contribution in [0.4, 0.5) is 8.78 Å². The van der Waals surface area contributed by atoms with E-state index in [0.717, 1.165) is 0 Å². The molecule has 1 heterocycles. The van der Waals surface area contributed by atoms with Gasteiger partial charge in [0, 0.05) is 12.3 Å². The molecule has 72 valence electrons. The Morgan fingerprint density at radius 1 is 1.58 bits per heavy atom. The average molecular weight is 180 g/mol. The largest absolute Gasteiger partial charge is 0.390 e. The van der Waals surface area contributed by atoms with Gasteiger partial charge in [0.05, 0.1) is 12.7 Å². The number of alkyl halides is 2. The first-order chi connectivity index (χ1) is 5.49. The molecule has 0 saturated carbocycles. The minimum Gasteiger partial charge on any atom is -0.390 e. The Balaban J connectivity index is 2.64. The molecule has 0 amide bonds. The molecule has 1 saturated heterocycles. The zero-order valence-corrected chi connectivity index (χ0v) is 7.26. The van der Waals surface area contributed by atoms with Crippen LogP contribution in [0.2, 0.25) is 0 Å². The molecule has 0 aromatic heterocycles. The second-order valence-corrected chi connectivity index (χ2v) is 3.29. The van der Waals surface area contributed by atoms with Gasteiger partial charge in [-0.2, -0.15) is 0 Å². The van der Waals surface area contributed by atoms with E-state index in [-0.39, 0.29) is 13.0 Å². The van der Waals surface area contributed by atoms with Crippen LogP contribution < -0.4 is 0 Å². The van der Waals surface area contributed by atoms with Crippen molar-refractivity contribution in [1.29, 1.82) is 0 Å². The van der Waals surface area contributed by atoms with E-state index in [1.165, 1.54) is 6.92 Å². The first kappa shape index (κ1) is 9.86. The maximum absolute atomic E-state index is 13.0. The van der Waals surface area contributed by atoms with Crippen molar-refractivity contribution in [1.82, 2.24) is 0 Å². The van der Waals surface area contributed by atoms with Gasteiger partial charge in [-0.1, -0.05) is 13.8 Å². The number of aliphatic hydroxyl groups is 1. The van der Waals surface area contributed by atoms with E-state index in [2.05, 4.69) is 0 Å². The molecule has 0 radical (unpaired) electrons. The van der Waals surface area contributed by atoms with Gasteiger partial charge in [0.1, 0.15) is 6.10 Å². The van der Waals surface area contributed by atoms with Gasteiger partial charge in [0.25, 0.3) is 5.92 Å². The minimum absolute atomic E-state index is 0.0292. The summed E-state index contributed by atoms with van der Waals surface area (Å²) in [4.78, 5) is 0. The lowest BCUT2D eigenvalue weighted by Crippen LogP contribution is -2.37. The molecule has 1 fully saturated rings. The van der Waals surface area contributed by atoms with E-state index >= 15 is 0 Å². The van der Waals surface area contributed by atoms with Crippen LogP contribution in [-0.2, 0) is 4.74 Å². The highest BCUT2D eigenvalue weighted by atomic mass is 19.3. The second kappa shape index (κ2) is 3.26. The molecule has 4 heteroatoms. The zero-order chi connectivity index (χ0) is 9.35. The third kappa shape index (κ3) is 1.59. The van der Waals surface area contributed by atoms with E-state index in [1.807, 2.05) is 0 Å². The Bertz CT molecular complexity index is 161. The number of ether oxygens (including phenoxy) is 1. The molecule has 0 aromatic carbocycles. The molecule has 1 aliphatic heterocycles. The highest BCUT2D eigenvalue weighted by molar-refractivity contribution is 4.89. The van der Waals surface area contributed by atoms with E-state index in [1.54, 1.807) is 6.92 Å². The summed E-state index contributed by atoms with van der Waals surface area (Å²) in [6, 6.07) is 0. The van der Waals surface area contributed by atoms with Gasteiger partial charge < -0.3 is 9.84 Å². The molecule has 0 spiro atoms. The van der Waals surface area contributed by atoms with Crippen LogP contribution in [-0.4, -0.2) is 29.8 Å². The van der Waals surface area contributed by atoms with Crippen LogP contribution in [0, 0.1) is 5.92 Å². The molecule has 1 N–H and O–H groups in total. The Kier molecular flexibility index (Phi) is 2.68. The summed E-state index contributed by atoms with van der Waals surface area (Å²) in [7, 11) is 0. The van der Waals surface area contributed by atoms with Crippen LogP contribution in [0.25, 0.3) is 0 Å².